The Hall–Kier alpha value is -1.36. The van der Waals surface area contributed by atoms with Crippen LogP contribution in [-0.2, 0) is 4.79 Å². The van der Waals surface area contributed by atoms with Crippen molar-refractivity contribution in [3.8, 4) is 0 Å². The van der Waals surface area contributed by atoms with Crippen molar-refractivity contribution in [1.29, 1.82) is 0 Å². The van der Waals surface area contributed by atoms with Gasteiger partial charge in [-0.25, -0.2) is 4.79 Å². The molecule has 0 aliphatic heterocycles. The highest BCUT2D eigenvalue weighted by Crippen LogP contribution is 2.09. The summed E-state index contributed by atoms with van der Waals surface area (Å²) in [6.45, 7) is 1.99. The highest BCUT2D eigenvalue weighted by Gasteiger charge is 2.20. The Bertz CT molecular complexity index is 348. The summed E-state index contributed by atoms with van der Waals surface area (Å²) in [6.07, 6.45) is 2.18. The third-order valence-electron chi connectivity index (χ3n) is 2.19. The Kier molecular flexibility index (Phi) is 4.98. The zero-order valence-electron chi connectivity index (χ0n) is 9.10. The lowest BCUT2D eigenvalue weighted by Gasteiger charge is -2.13. The van der Waals surface area contributed by atoms with Crippen molar-refractivity contribution in [1.82, 2.24) is 5.32 Å². The van der Waals surface area contributed by atoms with Crippen LogP contribution in [0, 0.1) is 0 Å². The lowest BCUT2D eigenvalue weighted by atomic mass is 10.1. The van der Waals surface area contributed by atoms with E-state index in [2.05, 4.69) is 5.32 Å². The molecule has 1 unspecified atom stereocenters. The van der Waals surface area contributed by atoms with Gasteiger partial charge in [-0.05, 0) is 17.9 Å². The van der Waals surface area contributed by atoms with Crippen molar-refractivity contribution in [2.24, 2.45) is 0 Å². The maximum atomic E-state index is 11.6. The first-order chi connectivity index (χ1) is 7.65. The van der Waals surface area contributed by atoms with Gasteiger partial charge in [0.25, 0.3) is 5.91 Å². The zero-order chi connectivity index (χ0) is 12.0. The summed E-state index contributed by atoms with van der Waals surface area (Å²) in [4.78, 5) is 23.1. The van der Waals surface area contributed by atoms with Gasteiger partial charge in [-0.3, -0.25) is 4.79 Å². The fourth-order valence-corrected chi connectivity index (χ4v) is 1.93. The van der Waals surface area contributed by atoms with E-state index in [9.17, 15) is 9.59 Å². The van der Waals surface area contributed by atoms with Crippen molar-refractivity contribution in [2.45, 2.75) is 32.2 Å². The molecule has 88 valence electrons. The normalized spacial score (nSPS) is 12.1. The second kappa shape index (κ2) is 6.27. The van der Waals surface area contributed by atoms with E-state index in [1.807, 2.05) is 6.92 Å². The summed E-state index contributed by atoms with van der Waals surface area (Å²) in [7, 11) is 0. The molecule has 0 radical (unpaired) electrons. The van der Waals surface area contributed by atoms with Crippen LogP contribution in [0.25, 0.3) is 0 Å². The summed E-state index contributed by atoms with van der Waals surface area (Å²) in [5, 5.41) is 13.2. The van der Waals surface area contributed by atoms with Crippen LogP contribution in [0.5, 0.6) is 0 Å². The van der Waals surface area contributed by atoms with Crippen molar-refractivity contribution in [3.05, 3.63) is 22.4 Å². The number of carboxylic acids is 1. The van der Waals surface area contributed by atoms with Crippen LogP contribution in [0.2, 0.25) is 0 Å². The van der Waals surface area contributed by atoms with E-state index >= 15 is 0 Å². The van der Waals surface area contributed by atoms with Gasteiger partial charge >= 0.3 is 5.97 Å². The molecule has 0 saturated carbocycles. The van der Waals surface area contributed by atoms with Crippen LogP contribution >= 0.6 is 11.3 Å². The van der Waals surface area contributed by atoms with Crippen LogP contribution in [0.15, 0.2) is 17.5 Å². The van der Waals surface area contributed by atoms with E-state index in [1.165, 1.54) is 11.3 Å². The second-order valence-electron chi connectivity index (χ2n) is 3.48. The molecule has 0 bridgehead atoms. The van der Waals surface area contributed by atoms with E-state index in [-0.39, 0.29) is 5.91 Å². The molecule has 4 nitrogen and oxygen atoms in total. The van der Waals surface area contributed by atoms with Gasteiger partial charge in [-0.15, -0.1) is 11.3 Å². The zero-order valence-corrected chi connectivity index (χ0v) is 9.92. The number of rotatable bonds is 6. The lowest BCUT2D eigenvalue weighted by Crippen LogP contribution is -2.40. The Morgan fingerprint density at radius 2 is 2.31 bits per heavy atom. The summed E-state index contributed by atoms with van der Waals surface area (Å²) < 4.78 is 0. The van der Waals surface area contributed by atoms with E-state index in [1.54, 1.807) is 17.5 Å². The number of carbonyl (C=O) groups is 2. The standard InChI is InChI=1S/C11H15NO3S/c1-2-3-5-8(11(14)15)12-10(13)9-6-4-7-16-9/h4,6-8H,2-3,5H2,1H3,(H,12,13)(H,14,15). The predicted octanol–water partition coefficient (Wildman–Crippen LogP) is 2.12. The molecule has 1 rings (SSSR count). The van der Waals surface area contributed by atoms with Gasteiger partial charge in [-0.1, -0.05) is 25.8 Å². The largest absolute Gasteiger partial charge is 0.480 e. The molecule has 1 heterocycles. The molecule has 1 aromatic heterocycles. The van der Waals surface area contributed by atoms with Gasteiger partial charge in [0.05, 0.1) is 4.88 Å². The second-order valence-corrected chi connectivity index (χ2v) is 4.43. The van der Waals surface area contributed by atoms with Gasteiger partial charge in [-0.2, -0.15) is 0 Å². The Morgan fingerprint density at radius 3 is 2.81 bits per heavy atom. The number of carboxylic acid groups (broad SMARTS) is 1. The third-order valence-corrected chi connectivity index (χ3v) is 3.06. The van der Waals surface area contributed by atoms with Gasteiger partial charge < -0.3 is 10.4 Å². The minimum absolute atomic E-state index is 0.307. The maximum Gasteiger partial charge on any atom is 0.326 e. The van der Waals surface area contributed by atoms with Crippen molar-refractivity contribution >= 4 is 23.2 Å². The average Bonchev–Trinajstić information content (AvgIpc) is 2.76. The Morgan fingerprint density at radius 1 is 1.56 bits per heavy atom. The van der Waals surface area contributed by atoms with Crippen LogP contribution in [-0.4, -0.2) is 23.0 Å². The fourth-order valence-electron chi connectivity index (χ4n) is 1.30. The highest BCUT2D eigenvalue weighted by molar-refractivity contribution is 7.12. The van der Waals surface area contributed by atoms with Crippen LogP contribution in [0.4, 0.5) is 0 Å². The first kappa shape index (κ1) is 12.7. The molecule has 0 aliphatic carbocycles. The number of nitrogens with one attached hydrogen (secondary N) is 1. The SMILES string of the molecule is CCCCC(NC(=O)c1cccs1)C(=O)O. The van der Waals surface area contributed by atoms with Crippen molar-refractivity contribution < 1.29 is 14.7 Å². The fraction of sp³-hybridized carbons (Fsp3) is 0.455. The molecular weight excluding hydrogens is 226 g/mol. The third kappa shape index (κ3) is 3.66. The quantitative estimate of drug-likeness (QED) is 0.801. The molecule has 0 saturated heterocycles. The first-order valence-corrected chi connectivity index (χ1v) is 6.10. The number of thiophene rings is 1. The number of amides is 1. The summed E-state index contributed by atoms with van der Waals surface area (Å²) in [5.74, 6) is -1.28. The number of hydrogen-bond donors (Lipinski definition) is 2. The van der Waals surface area contributed by atoms with Crippen LogP contribution in [0.3, 0.4) is 0 Å². The van der Waals surface area contributed by atoms with Gasteiger partial charge in [0.1, 0.15) is 6.04 Å². The van der Waals surface area contributed by atoms with E-state index in [4.69, 9.17) is 5.11 Å². The Balaban J connectivity index is 2.54. The maximum absolute atomic E-state index is 11.6. The molecule has 1 aromatic rings. The molecule has 0 aliphatic rings. The predicted molar refractivity (Wildman–Crippen MR) is 62.7 cm³/mol. The first-order valence-electron chi connectivity index (χ1n) is 5.22. The van der Waals surface area contributed by atoms with Gasteiger partial charge in [0.2, 0.25) is 0 Å². The monoisotopic (exact) mass is 241 g/mol. The molecule has 0 spiro atoms. The van der Waals surface area contributed by atoms with Crippen molar-refractivity contribution in [2.75, 3.05) is 0 Å². The summed E-state index contributed by atoms with van der Waals surface area (Å²) >= 11 is 1.30. The van der Waals surface area contributed by atoms with Crippen LogP contribution in [0.1, 0.15) is 35.9 Å². The smallest absolute Gasteiger partial charge is 0.326 e. The Labute approximate surface area is 98.3 Å². The number of aliphatic carboxylic acids is 1. The van der Waals surface area contributed by atoms with E-state index < -0.39 is 12.0 Å². The average molecular weight is 241 g/mol. The van der Waals surface area contributed by atoms with Crippen molar-refractivity contribution in [3.63, 3.8) is 0 Å². The highest BCUT2D eigenvalue weighted by atomic mass is 32.1. The minimum Gasteiger partial charge on any atom is -0.480 e. The lowest BCUT2D eigenvalue weighted by molar-refractivity contribution is -0.139. The van der Waals surface area contributed by atoms with E-state index in [0.717, 1.165) is 12.8 Å². The summed E-state index contributed by atoms with van der Waals surface area (Å²) in [6, 6.07) is 2.66. The number of unbranched alkanes of at least 4 members (excludes halogenated alkanes) is 1. The molecule has 5 heteroatoms. The summed E-state index contributed by atoms with van der Waals surface area (Å²) in [5.41, 5.74) is 0. The minimum atomic E-state index is -0.974. The molecule has 1 atom stereocenters. The van der Waals surface area contributed by atoms with E-state index in [0.29, 0.717) is 11.3 Å². The molecular formula is C11H15NO3S. The molecule has 0 fully saturated rings. The van der Waals surface area contributed by atoms with Gasteiger partial charge in [0, 0.05) is 0 Å². The molecule has 1 amide bonds. The number of hydrogen-bond acceptors (Lipinski definition) is 3. The topological polar surface area (TPSA) is 66.4 Å². The molecule has 2 N–H and O–H groups in total. The van der Waals surface area contributed by atoms with Crippen LogP contribution < -0.4 is 5.32 Å². The molecule has 16 heavy (non-hydrogen) atoms. The van der Waals surface area contributed by atoms with Gasteiger partial charge in [0.15, 0.2) is 0 Å². The molecule has 0 aromatic carbocycles. The number of carbonyl (C=O) groups excluding carboxylic acids is 1.